The van der Waals surface area contributed by atoms with E-state index < -0.39 is 5.97 Å². The van der Waals surface area contributed by atoms with Crippen LogP contribution in [0.2, 0.25) is 0 Å². The standard InChI is InChI=1S/C11H12N2O2/c1-3-15-11(14)9(7-12)10-8(2)5-4-6-13-10/h4-6,13H,3H2,1-2H3. The van der Waals surface area contributed by atoms with E-state index in [1.807, 2.05) is 19.1 Å². The summed E-state index contributed by atoms with van der Waals surface area (Å²) < 4.78 is 4.79. The number of esters is 1. The Labute approximate surface area is 88.5 Å². The fraction of sp³-hybridized carbons (Fsp3) is 0.273. The predicted molar refractivity (Wildman–Crippen MR) is 55.3 cm³/mol. The van der Waals surface area contributed by atoms with E-state index >= 15 is 0 Å². The van der Waals surface area contributed by atoms with Crippen LogP contribution in [0.1, 0.15) is 13.8 Å². The van der Waals surface area contributed by atoms with E-state index in [2.05, 4.69) is 5.32 Å². The molecule has 0 aliphatic carbocycles. The van der Waals surface area contributed by atoms with Crippen molar-refractivity contribution in [1.82, 2.24) is 5.32 Å². The van der Waals surface area contributed by atoms with Crippen LogP contribution in [0.3, 0.4) is 0 Å². The Hall–Kier alpha value is -2.02. The van der Waals surface area contributed by atoms with Crippen LogP contribution < -0.4 is 5.32 Å². The second-order valence-corrected chi connectivity index (χ2v) is 2.94. The lowest BCUT2D eigenvalue weighted by atomic mass is 10.1. The lowest BCUT2D eigenvalue weighted by Gasteiger charge is -2.13. The van der Waals surface area contributed by atoms with Gasteiger partial charge in [-0.05, 0) is 25.5 Å². The molecular formula is C11H12N2O2. The molecule has 0 bridgehead atoms. The van der Waals surface area contributed by atoms with Crippen LogP contribution in [0.15, 0.2) is 35.2 Å². The molecule has 0 fully saturated rings. The van der Waals surface area contributed by atoms with E-state index in [1.165, 1.54) is 0 Å². The van der Waals surface area contributed by atoms with Crippen molar-refractivity contribution in [2.24, 2.45) is 0 Å². The van der Waals surface area contributed by atoms with E-state index in [1.54, 1.807) is 19.2 Å². The Morgan fingerprint density at radius 3 is 2.93 bits per heavy atom. The Bertz CT molecular complexity index is 397. The quantitative estimate of drug-likeness (QED) is 0.419. The summed E-state index contributed by atoms with van der Waals surface area (Å²) in [5.74, 6) is -0.592. The van der Waals surface area contributed by atoms with Crippen molar-refractivity contribution in [1.29, 1.82) is 5.26 Å². The molecule has 0 aromatic heterocycles. The van der Waals surface area contributed by atoms with E-state index in [-0.39, 0.29) is 12.2 Å². The lowest BCUT2D eigenvalue weighted by Crippen LogP contribution is -2.17. The third-order valence-corrected chi connectivity index (χ3v) is 1.91. The van der Waals surface area contributed by atoms with Gasteiger partial charge in [0.2, 0.25) is 0 Å². The van der Waals surface area contributed by atoms with Crippen LogP contribution in [0.4, 0.5) is 0 Å². The molecular weight excluding hydrogens is 192 g/mol. The van der Waals surface area contributed by atoms with Crippen molar-refractivity contribution in [2.45, 2.75) is 13.8 Å². The first kappa shape index (κ1) is 11.1. The summed E-state index contributed by atoms with van der Waals surface area (Å²) in [5, 5.41) is 11.8. The Morgan fingerprint density at radius 1 is 1.67 bits per heavy atom. The summed E-state index contributed by atoms with van der Waals surface area (Å²) in [6.07, 6.45) is 5.29. The van der Waals surface area contributed by atoms with E-state index in [0.29, 0.717) is 5.70 Å². The van der Waals surface area contributed by atoms with Gasteiger partial charge in [0.15, 0.2) is 5.57 Å². The van der Waals surface area contributed by atoms with Gasteiger partial charge in [0, 0.05) is 6.20 Å². The largest absolute Gasteiger partial charge is 0.462 e. The molecule has 0 atom stereocenters. The van der Waals surface area contributed by atoms with Gasteiger partial charge in [-0.25, -0.2) is 4.79 Å². The van der Waals surface area contributed by atoms with Gasteiger partial charge < -0.3 is 10.1 Å². The van der Waals surface area contributed by atoms with Gasteiger partial charge in [-0.2, -0.15) is 5.26 Å². The molecule has 0 amide bonds. The van der Waals surface area contributed by atoms with Gasteiger partial charge >= 0.3 is 5.97 Å². The average Bonchev–Trinajstić information content (AvgIpc) is 2.22. The van der Waals surface area contributed by atoms with Gasteiger partial charge in [0.25, 0.3) is 0 Å². The molecule has 1 rings (SSSR count). The molecule has 1 aliphatic rings. The van der Waals surface area contributed by atoms with Gasteiger partial charge in [0.1, 0.15) is 6.07 Å². The molecule has 0 spiro atoms. The number of nitriles is 1. The number of allylic oxidation sites excluding steroid dienone is 3. The highest BCUT2D eigenvalue weighted by atomic mass is 16.5. The normalized spacial score (nSPS) is 17.3. The summed E-state index contributed by atoms with van der Waals surface area (Å²) in [4.78, 5) is 11.4. The molecule has 0 saturated heterocycles. The van der Waals surface area contributed by atoms with Crippen molar-refractivity contribution in [3.63, 3.8) is 0 Å². The summed E-state index contributed by atoms with van der Waals surface area (Å²) in [5.41, 5.74) is 1.36. The fourth-order valence-corrected chi connectivity index (χ4v) is 1.20. The second kappa shape index (κ2) is 5.01. The highest BCUT2D eigenvalue weighted by molar-refractivity contribution is 5.94. The summed E-state index contributed by atoms with van der Waals surface area (Å²) in [7, 11) is 0. The van der Waals surface area contributed by atoms with Gasteiger partial charge in [-0.3, -0.25) is 0 Å². The van der Waals surface area contributed by atoms with Gasteiger partial charge in [-0.15, -0.1) is 0 Å². The number of dihydropyridines is 1. The number of hydrogen-bond acceptors (Lipinski definition) is 4. The second-order valence-electron chi connectivity index (χ2n) is 2.94. The summed E-state index contributed by atoms with van der Waals surface area (Å²) in [6.45, 7) is 3.78. The van der Waals surface area contributed by atoms with Crippen LogP contribution in [0.5, 0.6) is 0 Å². The minimum absolute atomic E-state index is 0.00921. The third kappa shape index (κ3) is 2.47. The van der Waals surface area contributed by atoms with Crippen LogP contribution in [-0.2, 0) is 9.53 Å². The molecule has 1 heterocycles. The maximum absolute atomic E-state index is 11.4. The first-order valence-corrected chi connectivity index (χ1v) is 4.62. The molecule has 15 heavy (non-hydrogen) atoms. The highest BCUT2D eigenvalue weighted by Crippen LogP contribution is 2.15. The maximum atomic E-state index is 11.4. The molecule has 0 unspecified atom stereocenters. The molecule has 0 aromatic rings. The SMILES string of the molecule is CCOC(=O)C(C#N)=C1NC=CC=C1C. The smallest absolute Gasteiger partial charge is 0.351 e. The zero-order valence-electron chi connectivity index (χ0n) is 8.70. The molecule has 4 nitrogen and oxygen atoms in total. The third-order valence-electron chi connectivity index (χ3n) is 1.91. The zero-order chi connectivity index (χ0) is 11.3. The highest BCUT2D eigenvalue weighted by Gasteiger charge is 2.17. The lowest BCUT2D eigenvalue weighted by molar-refractivity contribution is -0.138. The first-order chi connectivity index (χ1) is 7.20. The molecule has 4 heteroatoms. The molecule has 0 saturated carbocycles. The fourth-order valence-electron chi connectivity index (χ4n) is 1.20. The van der Waals surface area contributed by atoms with Gasteiger partial charge in [-0.1, -0.05) is 6.08 Å². The monoisotopic (exact) mass is 204 g/mol. The maximum Gasteiger partial charge on any atom is 0.351 e. The topological polar surface area (TPSA) is 62.1 Å². The Kier molecular flexibility index (Phi) is 3.69. The molecule has 1 aliphatic heterocycles. The number of carbonyl (C=O) groups excluding carboxylic acids is 1. The summed E-state index contributed by atoms with van der Waals surface area (Å²) >= 11 is 0. The molecule has 0 aromatic carbocycles. The van der Waals surface area contributed by atoms with Crippen molar-refractivity contribution in [3.05, 3.63) is 35.2 Å². The number of carbonyl (C=O) groups is 1. The van der Waals surface area contributed by atoms with E-state index in [0.717, 1.165) is 5.57 Å². The Morgan fingerprint density at radius 2 is 2.40 bits per heavy atom. The first-order valence-electron chi connectivity index (χ1n) is 4.62. The van der Waals surface area contributed by atoms with Crippen molar-refractivity contribution >= 4 is 5.97 Å². The van der Waals surface area contributed by atoms with Crippen LogP contribution in [0, 0.1) is 11.3 Å². The van der Waals surface area contributed by atoms with E-state index in [9.17, 15) is 4.79 Å². The van der Waals surface area contributed by atoms with Crippen molar-refractivity contribution < 1.29 is 9.53 Å². The van der Waals surface area contributed by atoms with Crippen molar-refractivity contribution in [2.75, 3.05) is 6.61 Å². The van der Waals surface area contributed by atoms with Crippen LogP contribution in [-0.4, -0.2) is 12.6 Å². The zero-order valence-corrected chi connectivity index (χ0v) is 8.70. The number of hydrogen-bond donors (Lipinski definition) is 1. The molecule has 78 valence electrons. The average molecular weight is 204 g/mol. The van der Waals surface area contributed by atoms with E-state index in [4.69, 9.17) is 10.00 Å². The Balaban J connectivity index is 3.05. The number of nitrogens with one attached hydrogen (secondary N) is 1. The molecule has 0 radical (unpaired) electrons. The minimum atomic E-state index is -0.592. The minimum Gasteiger partial charge on any atom is -0.462 e. The summed E-state index contributed by atoms with van der Waals surface area (Å²) in [6, 6.07) is 1.85. The number of nitrogens with zero attached hydrogens (tertiary/aromatic N) is 1. The molecule has 1 N–H and O–H groups in total. The van der Waals surface area contributed by atoms with Crippen LogP contribution in [0.25, 0.3) is 0 Å². The predicted octanol–water partition coefficient (Wildman–Crippen LogP) is 1.39. The van der Waals surface area contributed by atoms with Gasteiger partial charge in [0.05, 0.1) is 12.3 Å². The van der Waals surface area contributed by atoms with Crippen LogP contribution >= 0.6 is 0 Å². The van der Waals surface area contributed by atoms with Crippen molar-refractivity contribution in [3.8, 4) is 6.07 Å². The number of rotatable bonds is 2. The number of ether oxygens (including phenoxy) is 1.